The van der Waals surface area contributed by atoms with E-state index in [1.54, 1.807) is 24.4 Å². The molecule has 2 aromatic heterocycles. The van der Waals surface area contributed by atoms with Crippen LogP contribution in [-0.2, 0) is 16.6 Å². The zero-order valence-electron chi connectivity index (χ0n) is 9.13. The van der Waals surface area contributed by atoms with E-state index < -0.39 is 10.0 Å². The van der Waals surface area contributed by atoms with Gasteiger partial charge in [-0.15, -0.1) is 11.3 Å². The highest BCUT2D eigenvalue weighted by Crippen LogP contribution is 2.32. The predicted octanol–water partition coefficient (Wildman–Crippen LogP) is 2.17. The second-order valence-corrected chi connectivity index (χ2v) is 7.51. The minimum absolute atomic E-state index is 0.191. The number of nitrogens with one attached hydrogen (secondary N) is 1. The van der Waals surface area contributed by atoms with Crippen LogP contribution in [0, 0.1) is 0 Å². The summed E-state index contributed by atoms with van der Waals surface area (Å²) in [6, 6.07) is 4.86. The molecule has 18 heavy (non-hydrogen) atoms. The molecule has 2 heterocycles. The smallest absolute Gasteiger partial charge is 0.263 e. The van der Waals surface area contributed by atoms with Crippen LogP contribution in [0.5, 0.6) is 0 Å². The number of pyridine rings is 1. The van der Waals surface area contributed by atoms with Crippen molar-refractivity contribution in [2.45, 2.75) is 11.4 Å². The minimum atomic E-state index is -3.62. The fourth-order valence-corrected chi connectivity index (χ4v) is 4.92. The Morgan fingerprint density at radius 2 is 2.28 bits per heavy atom. The lowest BCUT2D eigenvalue weighted by Gasteiger charge is -2.06. The maximum absolute atomic E-state index is 12.1. The number of nitrogens with two attached hydrogens (primary N) is 1. The van der Waals surface area contributed by atoms with Crippen molar-refractivity contribution < 1.29 is 8.42 Å². The molecule has 0 bridgehead atoms. The third kappa shape index (κ3) is 2.89. The van der Waals surface area contributed by atoms with Crippen LogP contribution < -0.4 is 10.5 Å². The number of aromatic nitrogens is 1. The summed E-state index contributed by atoms with van der Waals surface area (Å²) in [6.07, 6.45) is 3.02. The van der Waals surface area contributed by atoms with E-state index in [-0.39, 0.29) is 4.90 Å². The van der Waals surface area contributed by atoms with E-state index in [9.17, 15) is 8.42 Å². The second kappa shape index (κ2) is 5.35. The van der Waals surface area contributed by atoms with E-state index in [4.69, 9.17) is 5.73 Å². The van der Waals surface area contributed by atoms with Crippen molar-refractivity contribution in [1.29, 1.82) is 0 Å². The molecule has 5 nitrogen and oxygen atoms in total. The summed E-state index contributed by atoms with van der Waals surface area (Å²) in [4.78, 5) is 4.84. The standard InChI is InChI=1S/C10H10BrN3O2S2/c11-10-9(4-8(5-12)17-10)18(15,16)14-7-2-1-3-13-6-7/h1-4,6,14H,5,12H2. The first-order valence-electron chi connectivity index (χ1n) is 4.94. The number of sulfonamides is 1. The topological polar surface area (TPSA) is 85.1 Å². The van der Waals surface area contributed by atoms with Gasteiger partial charge >= 0.3 is 0 Å². The van der Waals surface area contributed by atoms with Crippen LogP contribution in [0.15, 0.2) is 39.3 Å². The zero-order valence-corrected chi connectivity index (χ0v) is 12.3. The molecule has 0 radical (unpaired) electrons. The van der Waals surface area contributed by atoms with Gasteiger partial charge in [-0.1, -0.05) is 0 Å². The van der Waals surface area contributed by atoms with Gasteiger partial charge in [0, 0.05) is 17.6 Å². The van der Waals surface area contributed by atoms with Gasteiger partial charge in [-0.25, -0.2) is 8.42 Å². The lowest BCUT2D eigenvalue weighted by molar-refractivity contribution is 0.601. The third-order valence-electron chi connectivity index (χ3n) is 2.11. The molecular formula is C10H10BrN3O2S2. The lowest BCUT2D eigenvalue weighted by atomic mass is 10.4. The molecule has 0 atom stereocenters. The fourth-order valence-electron chi connectivity index (χ4n) is 1.31. The zero-order chi connectivity index (χ0) is 13.2. The third-order valence-corrected chi connectivity index (χ3v) is 5.77. The molecule has 0 saturated heterocycles. The lowest BCUT2D eigenvalue weighted by Crippen LogP contribution is -2.12. The molecule has 0 fully saturated rings. The molecule has 0 aromatic carbocycles. The molecule has 0 unspecified atom stereocenters. The van der Waals surface area contributed by atoms with E-state index in [0.717, 1.165) is 4.88 Å². The summed E-state index contributed by atoms with van der Waals surface area (Å²) in [7, 11) is -3.62. The molecule has 0 saturated carbocycles. The molecule has 0 aliphatic rings. The normalized spacial score (nSPS) is 11.4. The van der Waals surface area contributed by atoms with E-state index in [0.29, 0.717) is 16.0 Å². The van der Waals surface area contributed by atoms with Crippen molar-refractivity contribution in [1.82, 2.24) is 4.98 Å². The Labute approximate surface area is 117 Å². The van der Waals surface area contributed by atoms with Gasteiger partial charge in [0.2, 0.25) is 0 Å². The average Bonchev–Trinajstić information content (AvgIpc) is 2.72. The molecule has 0 spiro atoms. The minimum Gasteiger partial charge on any atom is -0.326 e. The van der Waals surface area contributed by atoms with Crippen LogP contribution in [0.25, 0.3) is 0 Å². The molecule has 0 amide bonds. The van der Waals surface area contributed by atoms with Gasteiger partial charge < -0.3 is 5.73 Å². The van der Waals surface area contributed by atoms with Crippen LogP contribution in [0.2, 0.25) is 0 Å². The summed E-state index contributed by atoms with van der Waals surface area (Å²) >= 11 is 4.54. The summed E-state index contributed by atoms with van der Waals surface area (Å²) < 4.78 is 27.3. The average molecular weight is 348 g/mol. The van der Waals surface area contributed by atoms with Crippen LogP contribution in [0.1, 0.15) is 4.88 Å². The number of halogens is 1. The highest BCUT2D eigenvalue weighted by atomic mass is 79.9. The maximum Gasteiger partial charge on any atom is 0.263 e. The molecule has 2 aromatic rings. The quantitative estimate of drug-likeness (QED) is 0.887. The number of rotatable bonds is 4. The predicted molar refractivity (Wildman–Crippen MR) is 75.0 cm³/mol. The first-order chi connectivity index (χ1) is 8.53. The van der Waals surface area contributed by atoms with Crippen molar-refractivity contribution >= 4 is 43.0 Å². The number of anilines is 1. The van der Waals surface area contributed by atoms with Gasteiger partial charge in [0.15, 0.2) is 0 Å². The highest BCUT2D eigenvalue weighted by molar-refractivity contribution is 9.11. The van der Waals surface area contributed by atoms with Crippen molar-refractivity contribution in [2.24, 2.45) is 5.73 Å². The number of hydrogen-bond acceptors (Lipinski definition) is 5. The van der Waals surface area contributed by atoms with Crippen LogP contribution in [0.4, 0.5) is 5.69 Å². The Hall–Kier alpha value is -0.960. The summed E-state index contributed by atoms with van der Waals surface area (Å²) in [5, 5.41) is 0. The number of thiophene rings is 1. The SMILES string of the molecule is NCc1cc(S(=O)(=O)Nc2cccnc2)c(Br)s1. The largest absolute Gasteiger partial charge is 0.326 e. The van der Waals surface area contributed by atoms with Crippen molar-refractivity contribution in [3.8, 4) is 0 Å². The van der Waals surface area contributed by atoms with Crippen LogP contribution in [0.3, 0.4) is 0 Å². The van der Waals surface area contributed by atoms with Gasteiger partial charge in [0.25, 0.3) is 10.0 Å². The maximum atomic E-state index is 12.1. The highest BCUT2D eigenvalue weighted by Gasteiger charge is 2.20. The molecule has 96 valence electrons. The van der Waals surface area contributed by atoms with Crippen LogP contribution >= 0.6 is 27.3 Å². The molecule has 8 heteroatoms. The Balaban J connectivity index is 2.34. The Kier molecular flexibility index (Phi) is 4.00. The van der Waals surface area contributed by atoms with Gasteiger partial charge in [0.1, 0.15) is 4.90 Å². The van der Waals surface area contributed by atoms with E-state index in [1.165, 1.54) is 17.5 Å². The Morgan fingerprint density at radius 1 is 1.50 bits per heavy atom. The van der Waals surface area contributed by atoms with E-state index in [1.807, 2.05) is 0 Å². The molecular weight excluding hydrogens is 338 g/mol. The van der Waals surface area contributed by atoms with Crippen molar-refractivity contribution in [3.63, 3.8) is 0 Å². The first-order valence-corrected chi connectivity index (χ1v) is 8.03. The van der Waals surface area contributed by atoms with Gasteiger partial charge in [-0.2, -0.15) is 0 Å². The van der Waals surface area contributed by atoms with Crippen LogP contribution in [-0.4, -0.2) is 13.4 Å². The fraction of sp³-hybridized carbons (Fsp3) is 0.100. The van der Waals surface area contributed by atoms with Crippen molar-refractivity contribution in [2.75, 3.05) is 4.72 Å². The number of nitrogens with zero attached hydrogens (tertiary/aromatic N) is 1. The monoisotopic (exact) mass is 347 g/mol. The van der Waals surface area contributed by atoms with E-state index >= 15 is 0 Å². The van der Waals surface area contributed by atoms with Gasteiger partial charge in [0.05, 0.1) is 15.7 Å². The summed E-state index contributed by atoms with van der Waals surface area (Å²) in [6.45, 7) is 0.311. The Bertz CT molecular complexity index is 640. The van der Waals surface area contributed by atoms with E-state index in [2.05, 4.69) is 25.6 Å². The Morgan fingerprint density at radius 3 is 2.83 bits per heavy atom. The van der Waals surface area contributed by atoms with Crippen molar-refractivity contribution in [3.05, 3.63) is 39.3 Å². The molecule has 0 aliphatic heterocycles. The second-order valence-electron chi connectivity index (χ2n) is 3.40. The van der Waals surface area contributed by atoms with Gasteiger partial charge in [-0.05, 0) is 34.1 Å². The first kappa shape index (κ1) is 13.5. The molecule has 3 N–H and O–H groups in total. The summed E-state index contributed by atoms with van der Waals surface area (Å²) in [5.74, 6) is 0. The van der Waals surface area contributed by atoms with Gasteiger partial charge in [-0.3, -0.25) is 9.71 Å². The number of hydrogen-bond donors (Lipinski definition) is 2. The molecule has 2 rings (SSSR count). The molecule has 0 aliphatic carbocycles. The summed E-state index contributed by atoms with van der Waals surface area (Å²) in [5.41, 5.74) is 5.91.